The summed E-state index contributed by atoms with van der Waals surface area (Å²) in [5.74, 6) is -1.96. The number of fused-ring (bicyclic) bond motifs is 5. The molecule has 4 atom stereocenters. The summed E-state index contributed by atoms with van der Waals surface area (Å²) in [6.07, 6.45) is 3.84. The van der Waals surface area contributed by atoms with Crippen molar-refractivity contribution in [2.45, 2.75) is 12.1 Å². The Morgan fingerprint density at radius 1 is 0.895 bits per heavy atom. The molecule has 2 fully saturated rings. The molecule has 0 spiro atoms. The molecule has 0 aromatic heterocycles. The van der Waals surface area contributed by atoms with Crippen LogP contribution in [0.1, 0.15) is 5.56 Å². The van der Waals surface area contributed by atoms with E-state index in [1.165, 1.54) is 14.2 Å². The number of imide groups is 1. The van der Waals surface area contributed by atoms with Crippen molar-refractivity contribution in [3.8, 4) is 11.5 Å². The van der Waals surface area contributed by atoms with Gasteiger partial charge < -0.3 is 19.7 Å². The van der Waals surface area contributed by atoms with Crippen LogP contribution in [0.3, 0.4) is 0 Å². The standard InChI is InChI=1S/C29H24ClN3O5/c1-37-17-12-14-23(38-2)19(15-17)31-27(34)26-25-24(22-13-11-16-7-3-5-9-20(16)32(22)26)28(35)33(29(25)36)21-10-6-4-8-18(21)30/h3-15,22,24-26H,1-2H3,(H,31,34)/t22-,24-,25-,26+/m1/s1. The summed E-state index contributed by atoms with van der Waals surface area (Å²) >= 11 is 6.39. The Hall–Kier alpha value is -4.30. The molecule has 0 saturated carbocycles. The van der Waals surface area contributed by atoms with Crippen LogP contribution < -0.4 is 24.6 Å². The fourth-order valence-corrected chi connectivity index (χ4v) is 6.02. The fourth-order valence-electron chi connectivity index (χ4n) is 5.80. The third kappa shape index (κ3) is 3.55. The lowest BCUT2D eigenvalue weighted by Gasteiger charge is -2.36. The molecule has 2 saturated heterocycles. The third-order valence-electron chi connectivity index (χ3n) is 7.44. The van der Waals surface area contributed by atoms with Crippen LogP contribution in [-0.4, -0.2) is 44.0 Å². The lowest BCUT2D eigenvalue weighted by Crippen LogP contribution is -2.50. The predicted octanol–water partition coefficient (Wildman–Crippen LogP) is 4.39. The highest BCUT2D eigenvalue weighted by molar-refractivity contribution is 6.36. The summed E-state index contributed by atoms with van der Waals surface area (Å²) in [5.41, 5.74) is 2.41. The van der Waals surface area contributed by atoms with Gasteiger partial charge in [-0.15, -0.1) is 0 Å². The number of hydrogen-bond donors (Lipinski definition) is 1. The molecule has 3 aliphatic heterocycles. The molecule has 9 heteroatoms. The van der Waals surface area contributed by atoms with E-state index < -0.39 is 35.7 Å². The minimum atomic E-state index is -0.962. The van der Waals surface area contributed by atoms with Gasteiger partial charge in [-0.1, -0.05) is 54.1 Å². The first-order valence-electron chi connectivity index (χ1n) is 12.2. The van der Waals surface area contributed by atoms with E-state index in [1.807, 2.05) is 41.3 Å². The van der Waals surface area contributed by atoms with E-state index in [-0.39, 0.29) is 10.9 Å². The van der Waals surface area contributed by atoms with E-state index in [0.717, 1.165) is 16.2 Å². The Labute approximate surface area is 224 Å². The van der Waals surface area contributed by atoms with Gasteiger partial charge in [0.05, 0.1) is 48.5 Å². The number of halogens is 1. The number of benzene rings is 3. The second-order valence-electron chi connectivity index (χ2n) is 9.33. The molecule has 192 valence electrons. The van der Waals surface area contributed by atoms with Crippen molar-refractivity contribution in [3.05, 3.63) is 83.4 Å². The highest BCUT2D eigenvalue weighted by Crippen LogP contribution is 2.50. The number of carbonyl (C=O) groups excluding carboxylic acids is 3. The second-order valence-corrected chi connectivity index (χ2v) is 9.74. The lowest BCUT2D eigenvalue weighted by atomic mass is 9.88. The molecule has 0 unspecified atom stereocenters. The van der Waals surface area contributed by atoms with Crippen LogP contribution in [-0.2, 0) is 14.4 Å². The molecule has 38 heavy (non-hydrogen) atoms. The van der Waals surface area contributed by atoms with Crippen LogP contribution >= 0.6 is 11.6 Å². The average Bonchev–Trinajstić information content (AvgIpc) is 3.41. The van der Waals surface area contributed by atoms with Gasteiger partial charge >= 0.3 is 0 Å². The Morgan fingerprint density at radius 2 is 1.61 bits per heavy atom. The molecule has 3 aliphatic rings. The summed E-state index contributed by atoms with van der Waals surface area (Å²) in [6, 6.07) is 18.0. The van der Waals surface area contributed by atoms with Crippen molar-refractivity contribution in [3.63, 3.8) is 0 Å². The summed E-state index contributed by atoms with van der Waals surface area (Å²) in [4.78, 5) is 44.9. The molecule has 3 aromatic carbocycles. The summed E-state index contributed by atoms with van der Waals surface area (Å²) in [5, 5.41) is 3.23. The van der Waals surface area contributed by atoms with Crippen LogP contribution in [0.25, 0.3) is 6.08 Å². The maximum absolute atomic E-state index is 14.1. The fraction of sp³-hybridized carbons (Fsp3) is 0.207. The van der Waals surface area contributed by atoms with Crippen LogP contribution in [0.5, 0.6) is 11.5 Å². The molecule has 6 rings (SSSR count). The van der Waals surface area contributed by atoms with Gasteiger partial charge in [-0.25, -0.2) is 4.90 Å². The van der Waals surface area contributed by atoms with E-state index in [2.05, 4.69) is 5.32 Å². The number of ether oxygens (including phenoxy) is 2. The smallest absolute Gasteiger partial charge is 0.248 e. The summed E-state index contributed by atoms with van der Waals surface area (Å²) < 4.78 is 10.8. The van der Waals surface area contributed by atoms with Crippen molar-refractivity contribution in [1.82, 2.24) is 0 Å². The van der Waals surface area contributed by atoms with Crippen LogP contribution in [0.15, 0.2) is 72.8 Å². The lowest BCUT2D eigenvalue weighted by molar-refractivity contribution is -0.126. The number of amides is 3. The number of carbonyl (C=O) groups is 3. The van der Waals surface area contributed by atoms with Crippen molar-refractivity contribution in [2.24, 2.45) is 11.8 Å². The minimum absolute atomic E-state index is 0.290. The zero-order valence-corrected chi connectivity index (χ0v) is 21.4. The van der Waals surface area contributed by atoms with E-state index >= 15 is 0 Å². The maximum atomic E-state index is 14.1. The number of rotatable bonds is 5. The van der Waals surface area contributed by atoms with Gasteiger partial charge in [-0.05, 0) is 35.9 Å². The van der Waals surface area contributed by atoms with Gasteiger partial charge in [-0.3, -0.25) is 14.4 Å². The van der Waals surface area contributed by atoms with Crippen LogP contribution in [0.2, 0.25) is 5.02 Å². The molecule has 0 aliphatic carbocycles. The first-order chi connectivity index (χ1) is 18.4. The maximum Gasteiger partial charge on any atom is 0.248 e. The predicted molar refractivity (Wildman–Crippen MR) is 145 cm³/mol. The Bertz CT molecular complexity index is 1510. The number of para-hydroxylation sites is 2. The summed E-state index contributed by atoms with van der Waals surface area (Å²) in [7, 11) is 3.04. The molecule has 3 amide bonds. The number of methoxy groups -OCH3 is 2. The second kappa shape index (κ2) is 9.22. The quantitative estimate of drug-likeness (QED) is 0.493. The van der Waals surface area contributed by atoms with Gasteiger partial charge in [0.2, 0.25) is 17.7 Å². The van der Waals surface area contributed by atoms with Crippen LogP contribution in [0, 0.1) is 11.8 Å². The minimum Gasteiger partial charge on any atom is -0.497 e. The average molecular weight is 530 g/mol. The molecular formula is C29H24ClN3O5. The van der Waals surface area contributed by atoms with Crippen molar-refractivity contribution >= 4 is 52.5 Å². The SMILES string of the molecule is COc1ccc(OC)c(NC(=O)[C@@H]2[C@@H]3C(=O)N(c4ccccc4Cl)C(=O)[C@@H]3[C@H]3C=Cc4ccccc4N32)c1. The molecule has 3 heterocycles. The molecular weight excluding hydrogens is 506 g/mol. The molecule has 1 N–H and O–H groups in total. The molecule has 0 radical (unpaired) electrons. The van der Waals surface area contributed by atoms with Crippen molar-refractivity contribution in [1.29, 1.82) is 0 Å². The zero-order valence-electron chi connectivity index (χ0n) is 20.6. The Balaban J connectivity index is 1.45. The summed E-state index contributed by atoms with van der Waals surface area (Å²) in [6.45, 7) is 0. The van der Waals surface area contributed by atoms with Gasteiger partial charge in [-0.2, -0.15) is 0 Å². The number of nitrogens with zero attached hydrogens (tertiary/aromatic N) is 2. The number of nitrogens with one attached hydrogen (secondary N) is 1. The Morgan fingerprint density at radius 3 is 2.34 bits per heavy atom. The molecule has 8 nitrogen and oxygen atoms in total. The highest BCUT2D eigenvalue weighted by Gasteiger charge is 2.64. The topological polar surface area (TPSA) is 88.2 Å². The van der Waals surface area contributed by atoms with Gasteiger partial charge in [0.25, 0.3) is 0 Å². The molecule has 3 aromatic rings. The van der Waals surface area contributed by atoms with E-state index in [0.29, 0.717) is 22.9 Å². The first kappa shape index (κ1) is 24.1. The van der Waals surface area contributed by atoms with Crippen LogP contribution in [0.4, 0.5) is 17.1 Å². The normalized spacial score (nSPS) is 23.1. The highest BCUT2D eigenvalue weighted by atomic mass is 35.5. The zero-order chi connectivity index (χ0) is 26.6. The Kier molecular flexibility index (Phi) is 5.84. The monoisotopic (exact) mass is 529 g/mol. The van der Waals surface area contributed by atoms with Crippen molar-refractivity contribution < 1.29 is 23.9 Å². The molecule has 0 bridgehead atoms. The van der Waals surface area contributed by atoms with Gasteiger partial charge in [0.15, 0.2) is 0 Å². The van der Waals surface area contributed by atoms with Gasteiger partial charge in [0, 0.05) is 11.8 Å². The first-order valence-corrected chi connectivity index (χ1v) is 12.5. The van der Waals surface area contributed by atoms with Gasteiger partial charge in [0.1, 0.15) is 17.5 Å². The van der Waals surface area contributed by atoms with E-state index in [1.54, 1.807) is 42.5 Å². The third-order valence-corrected chi connectivity index (χ3v) is 7.76. The van der Waals surface area contributed by atoms with Crippen molar-refractivity contribution in [2.75, 3.05) is 29.3 Å². The number of anilines is 3. The van der Waals surface area contributed by atoms with E-state index in [9.17, 15) is 14.4 Å². The van der Waals surface area contributed by atoms with E-state index in [4.69, 9.17) is 21.1 Å². The largest absolute Gasteiger partial charge is 0.497 e. The number of hydrogen-bond acceptors (Lipinski definition) is 6.